The molecule has 6 aromatic carbocycles. The lowest BCUT2D eigenvalue weighted by Gasteiger charge is -2.28. The van der Waals surface area contributed by atoms with Gasteiger partial charge in [0, 0.05) is 16.5 Å². The molecule has 0 fully saturated rings. The second-order valence-electron chi connectivity index (χ2n) is 12.8. The highest BCUT2D eigenvalue weighted by molar-refractivity contribution is 6.15. The van der Waals surface area contributed by atoms with Crippen LogP contribution >= 0.6 is 0 Å². The first-order valence-corrected chi connectivity index (χ1v) is 16.2. The molecule has 0 aromatic heterocycles. The molecule has 0 unspecified atom stereocenters. The number of benzene rings is 6. The summed E-state index contributed by atoms with van der Waals surface area (Å²) in [6.45, 7) is 4.29. The van der Waals surface area contributed by atoms with E-state index in [1.165, 1.54) is 24.3 Å². The predicted octanol–water partition coefficient (Wildman–Crippen LogP) is 9.55. The summed E-state index contributed by atoms with van der Waals surface area (Å²) in [4.78, 5) is 48.4. The standard InChI is InChI=1S/C43H28O8/c1-43(2,27-13-19-37(33(21-27)25-9-5-3-6-10-25)48-29-15-17-31-35(23-29)41(46)50-39(31)44)28-14-20-38(34(22-28)26-11-7-4-8-12-26)49-30-16-18-32-36(24-30)42(47)51-40(32)45/h3-24H,1-2H3. The summed E-state index contributed by atoms with van der Waals surface area (Å²) in [6.07, 6.45) is 0. The van der Waals surface area contributed by atoms with Crippen molar-refractivity contribution in [1.29, 1.82) is 0 Å². The average molecular weight is 673 g/mol. The lowest BCUT2D eigenvalue weighted by Crippen LogP contribution is -2.19. The van der Waals surface area contributed by atoms with Gasteiger partial charge in [-0.25, -0.2) is 19.2 Å². The molecule has 248 valence electrons. The maximum absolute atomic E-state index is 12.2. The van der Waals surface area contributed by atoms with E-state index in [2.05, 4.69) is 26.0 Å². The fraction of sp³-hybridized carbons (Fsp3) is 0.0698. The van der Waals surface area contributed by atoms with Gasteiger partial charge in [0.2, 0.25) is 0 Å². The third-order valence-electron chi connectivity index (χ3n) is 9.26. The Balaban J connectivity index is 1.17. The van der Waals surface area contributed by atoms with Crippen LogP contribution in [0.1, 0.15) is 66.4 Å². The molecule has 0 spiro atoms. The molecular formula is C43H28O8. The topological polar surface area (TPSA) is 105 Å². The minimum atomic E-state index is -0.694. The van der Waals surface area contributed by atoms with Crippen molar-refractivity contribution in [2.45, 2.75) is 19.3 Å². The minimum absolute atomic E-state index is 0.173. The molecule has 0 N–H and O–H groups in total. The van der Waals surface area contributed by atoms with Gasteiger partial charge < -0.3 is 18.9 Å². The second-order valence-corrected chi connectivity index (χ2v) is 12.8. The molecule has 2 heterocycles. The quantitative estimate of drug-likeness (QED) is 0.116. The molecule has 51 heavy (non-hydrogen) atoms. The van der Waals surface area contributed by atoms with Crippen LogP contribution in [0.4, 0.5) is 0 Å². The highest BCUT2D eigenvalue weighted by Crippen LogP contribution is 2.43. The monoisotopic (exact) mass is 672 g/mol. The Morgan fingerprint density at radius 2 is 0.804 bits per heavy atom. The van der Waals surface area contributed by atoms with Crippen molar-refractivity contribution in [1.82, 2.24) is 0 Å². The number of ether oxygens (including phenoxy) is 4. The normalized spacial score (nSPS) is 13.4. The lowest BCUT2D eigenvalue weighted by atomic mass is 9.76. The molecular weight excluding hydrogens is 644 g/mol. The van der Waals surface area contributed by atoms with Crippen LogP contribution < -0.4 is 9.47 Å². The Labute approximate surface area is 292 Å². The number of hydrogen-bond acceptors (Lipinski definition) is 8. The molecule has 0 atom stereocenters. The number of cyclic esters (lactones) is 4. The number of fused-ring (bicyclic) bond motifs is 2. The van der Waals surface area contributed by atoms with Gasteiger partial charge in [0.1, 0.15) is 23.0 Å². The second kappa shape index (κ2) is 12.3. The van der Waals surface area contributed by atoms with E-state index in [1.54, 1.807) is 12.1 Å². The van der Waals surface area contributed by atoms with E-state index in [-0.39, 0.29) is 22.3 Å². The average Bonchev–Trinajstić information content (AvgIpc) is 3.60. The Morgan fingerprint density at radius 1 is 0.412 bits per heavy atom. The first kappa shape index (κ1) is 31.5. The van der Waals surface area contributed by atoms with Crippen molar-refractivity contribution in [3.63, 3.8) is 0 Å². The van der Waals surface area contributed by atoms with Gasteiger partial charge in [0.05, 0.1) is 22.3 Å². The third-order valence-corrected chi connectivity index (χ3v) is 9.26. The number of carbonyl (C=O) groups excluding carboxylic acids is 4. The molecule has 8 nitrogen and oxygen atoms in total. The van der Waals surface area contributed by atoms with Crippen molar-refractivity contribution in [2.24, 2.45) is 0 Å². The van der Waals surface area contributed by atoms with Crippen molar-refractivity contribution in [3.8, 4) is 45.3 Å². The summed E-state index contributed by atoms with van der Waals surface area (Å²) < 4.78 is 22.2. The van der Waals surface area contributed by atoms with Crippen molar-refractivity contribution < 1.29 is 38.1 Å². The molecule has 0 aliphatic carbocycles. The van der Waals surface area contributed by atoms with E-state index in [1.807, 2.05) is 84.9 Å². The molecule has 0 bridgehead atoms. The highest BCUT2D eigenvalue weighted by Gasteiger charge is 2.32. The maximum atomic E-state index is 12.2. The van der Waals surface area contributed by atoms with E-state index in [4.69, 9.17) is 18.9 Å². The van der Waals surface area contributed by atoms with E-state index < -0.39 is 29.3 Å². The number of rotatable bonds is 8. The fourth-order valence-corrected chi connectivity index (χ4v) is 6.38. The molecule has 8 rings (SSSR count). The van der Waals surface area contributed by atoms with Crippen LogP contribution in [0.25, 0.3) is 22.3 Å². The largest absolute Gasteiger partial charge is 0.457 e. The first-order chi connectivity index (χ1) is 24.7. The summed E-state index contributed by atoms with van der Waals surface area (Å²) in [5.74, 6) is -0.763. The first-order valence-electron chi connectivity index (χ1n) is 16.2. The van der Waals surface area contributed by atoms with Gasteiger partial charge in [-0.2, -0.15) is 0 Å². The Bertz CT molecular complexity index is 2240. The summed E-state index contributed by atoms with van der Waals surface area (Å²) in [7, 11) is 0. The predicted molar refractivity (Wildman–Crippen MR) is 188 cm³/mol. The maximum Gasteiger partial charge on any atom is 0.347 e. The lowest BCUT2D eigenvalue weighted by molar-refractivity contribution is 0.0425. The Kier molecular flexibility index (Phi) is 7.57. The van der Waals surface area contributed by atoms with Crippen LogP contribution in [0.2, 0.25) is 0 Å². The van der Waals surface area contributed by atoms with Crippen LogP contribution in [0, 0.1) is 0 Å². The SMILES string of the molecule is CC(C)(c1ccc(Oc2ccc3c(c2)C(=O)OC3=O)c(-c2ccccc2)c1)c1ccc(Oc2ccc3c(c2)C(=O)OC3=O)c(-c2ccccc2)c1. The fourth-order valence-electron chi connectivity index (χ4n) is 6.38. The van der Waals surface area contributed by atoms with Crippen LogP contribution in [-0.2, 0) is 14.9 Å². The van der Waals surface area contributed by atoms with Gasteiger partial charge >= 0.3 is 23.9 Å². The molecule has 8 heteroatoms. The zero-order valence-corrected chi connectivity index (χ0v) is 27.5. The number of hydrogen-bond donors (Lipinski definition) is 0. The van der Waals surface area contributed by atoms with Crippen LogP contribution in [0.15, 0.2) is 133 Å². The Morgan fingerprint density at radius 3 is 1.22 bits per heavy atom. The zero-order valence-electron chi connectivity index (χ0n) is 27.5. The molecule has 0 saturated carbocycles. The molecule has 2 aliphatic heterocycles. The van der Waals surface area contributed by atoms with Gasteiger partial charge in [-0.15, -0.1) is 0 Å². The van der Waals surface area contributed by atoms with Crippen LogP contribution in [0.3, 0.4) is 0 Å². The van der Waals surface area contributed by atoms with Crippen molar-refractivity contribution >= 4 is 23.9 Å². The van der Waals surface area contributed by atoms with Crippen molar-refractivity contribution in [3.05, 3.63) is 167 Å². The summed E-state index contributed by atoms with van der Waals surface area (Å²) in [5.41, 5.74) is 5.88. The molecule has 0 radical (unpaired) electrons. The molecule has 6 aromatic rings. The number of carbonyl (C=O) groups is 4. The van der Waals surface area contributed by atoms with E-state index in [9.17, 15) is 19.2 Å². The van der Waals surface area contributed by atoms with Gasteiger partial charge in [-0.3, -0.25) is 0 Å². The zero-order chi connectivity index (χ0) is 35.3. The summed E-state index contributed by atoms with van der Waals surface area (Å²) in [5, 5.41) is 0. The molecule has 0 amide bonds. The smallest absolute Gasteiger partial charge is 0.347 e. The minimum Gasteiger partial charge on any atom is -0.457 e. The van der Waals surface area contributed by atoms with Crippen molar-refractivity contribution in [2.75, 3.05) is 0 Å². The van der Waals surface area contributed by atoms with Gasteiger partial charge in [-0.1, -0.05) is 86.6 Å². The van der Waals surface area contributed by atoms with E-state index >= 15 is 0 Å². The summed E-state index contributed by atoms with van der Waals surface area (Å²) >= 11 is 0. The van der Waals surface area contributed by atoms with Crippen LogP contribution in [-0.4, -0.2) is 23.9 Å². The highest BCUT2D eigenvalue weighted by atomic mass is 16.6. The van der Waals surface area contributed by atoms with Gasteiger partial charge in [0.15, 0.2) is 0 Å². The van der Waals surface area contributed by atoms with Gasteiger partial charge in [0.25, 0.3) is 0 Å². The summed E-state index contributed by atoms with van der Waals surface area (Å²) in [6, 6.07) is 41.2. The third kappa shape index (κ3) is 5.72. The van der Waals surface area contributed by atoms with Gasteiger partial charge in [-0.05, 0) is 82.9 Å². The van der Waals surface area contributed by atoms with Crippen LogP contribution in [0.5, 0.6) is 23.0 Å². The van der Waals surface area contributed by atoms with E-state index in [0.29, 0.717) is 23.0 Å². The molecule has 0 saturated heterocycles. The number of esters is 4. The van der Waals surface area contributed by atoms with E-state index in [0.717, 1.165) is 33.4 Å². The molecule has 2 aliphatic rings. The Hall–Kier alpha value is -6.80.